The summed E-state index contributed by atoms with van der Waals surface area (Å²) in [7, 11) is 2.59. The van der Waals surface area contributed by atoms with E-state index in [9.17, 15) is 14.7 Å². The quantitative estimate of drug-likeness (QED) is 0.490. The monoisotopic (exact) mass is 271 g/mol. The molecular weight excluding hydrogens is 254 g/mol. The van der Waals surface area contributed by atoms with Crippen LogP contribution in [0.25, 0.3) is 0 Å². The van der Waals surface area contributed by atoms with E-state index >= 15 is 0 Å². The number of aliphatic hydroxyl groups excluding tert-OH is 1. The van der Waals surface area contributed by atoms with Crippen molar-refractivity contribution in [3.05, 3.63) is 15.9 Å². The molecule has 0 aliphatic carbocycles. The van der Waals surface area contributed by atoms with Gasteiger partial charge in [-0.05, 0) is 12.8 Å². The lowest BCUT2D eigenvalue weighted by Gasteiger charge is -2.11. The summed E-state index contributed by atoms with van der Waals surface area (Å²) in [6, 6.07) is 0. The van der Waals surface area contributed by atoms with Gasteiger partial charge in [-0.25, -0.2) is 0 Å². The molecule has 0 aliphatic rings. The highest BCUT2D eigenvalue weighted by Gasteiger charge is 2.23. The molecule has 0 unspecified atom stereocenters. The number of nitrogens with one attached hydrogen (secondary N) is 1. The smallest absolute Gasteiger partial charge is 0.265 e. The van der Waals surface area contributed by atoms with Gasteiger partial charge < -0.3 is 19.7 Å². The minimum absolute atomic E-state index is 0.0262. The molecule has 106 valence electrons. The van der Waals surface area contributed by atoms with Crippen molar-refractivity contribution in [1.29, 1.82) is 0 Å². The van der Waals surface area contributed by atoms with Crippen LogP contribution in [-0.4, -0.2) is 41.8 Å². The Morgan fingerprint density at radius 1 is 1.26 bits per heavy atom. The van der Waals surface area contributed by atoms with Crippen molar-refractivity contribution < 1.29 is 24.5 Å². The molecule has 1 rings (SSSR count). The zero-order valence-corrected chi connectivity index (χ0v) is 10.9. The van der Waals surface area contributed by atoms with Crippen molar-refractivity contribution in [1.82, 2.24) is 4.98 Å². The first-order valence-electron chi connectivity index (χ1n) is 5.78. The second-order valence-corrected chi connectivity index (χ2v) is 3.85. The Morgan fingerprint density at radius 2 is 1.95 bits per heavy atom. The van der Waals surface area contributed by atoms with Gasteiger partial charge in [0.05, 0.1) is 14.2 Å². The molecular formula is C12H17NO6. The van der Waals surface area contributed by atoms with E-state index in [1.54, 1.807) is 0 Å². The summed E-state index contributed by atoms with van der Waals surface area (Å²) < 4.78 is 9.75. The standard InChI is InChI=1S/C12H17NO6/c1-18-10-9(16)8(7(15)5-3-4-6-14)11(17)13-12(10)19-2/h14H,3-6H2,1-2H3,(H2,13,16,17). The van der Waals surface area contributed by atoms with Crippen LogP contribution in [0.4, 0.5) is 0 Å². The minimum atomic E-state index is -0.732. The van der Waals surface area contributed by atoms with E-state index in [1.807, 2.05) is 0 Å². The van der Waals surface area contributed by atoms with Crippen LogP contribution in [-0.2, 0) is 0 Å². The number of aromatic nitrogens is 1. The summed E-state index contributed by atoms with van der Waals surface area (Å²) in [5, 5.41) is 18.6. The number of carbonyl (C=O) groups is 1. The van der Waals surface area contributed by atoms with Crippen LogP contribution >= 0.6 is 0 Å². The number of carbonyl (C=O) groups excluding carboxylic acids is 1. The second-order valence-electron chi connectivity index (χ2n) is 3.85. The van der Waals surface area contributed by atoms with Gasteiger partial charge in [0.15, 0.2) is 11.5 Å². The Bertz CT molecular complexity index is 508. The van der Waals surface area contributed by atoms with Gasteiger partial charge in [-0.2, -0.15) is 0 Å². The van der Waals surface area contributed by atoms with Crippen molar-refractivity contribution in [2.45, 2.75) is 19.3 Å². The zero-order valence-electron chi connectivity index (χ0n) is 10.9. The fraction of sp³-hybridized carbons (Fsp3) is 0.500. The zero-order chi connectivity index (χ0) is 14.4. The number of methoxy groups -OCH3 is 2. The maximum absolute atomic E-state index is 11.9. The predicted molar refractivity (Wildman–Crippen MR) is 67.1 cm³/mol. The summed E-state index contributed by atoms with van der Waals surface area (Å²) in [5.41, 5.74) is -1.08. The van der Waals surface area contributed by atoms with Gasteiger partial charge in [0, 0.05) is 13.0 Å². The molecule has 19 heavy (non-hydrogen) atoms. The van der Waals surface area contributed by atoms with Gasteiger partial charge >= 0.3 is 0 Å². The van der Waals surface area contributed by atoms with Gasteiger partial charge in [-0.1, -0.05) is 0 Å². The molecule has 0 radical (unpaired) electrons. The molecule has 1 aromatic rings. The van der Waals surface area contributed by atoms with E-state index in [-0.39, 0.29) is 30.2 Å². The van der Waals surface area contributed by atoms with Gasteiger partial charge in [0.1, 0.15) is 5.56 Å². The number of pyridine rings is 1. The fourth-order valence-electron chi connectivity index (χ4n) is 1.67. The summed E-state index contributed by atoms with van der Waals surface area (Å²) in [6.07, 6.45) is 0.951. The van der Waals surface area contributed by atoms with E-state index in [0.29, 0.717) is 12.8 Å². The Hall–Kier alpha value is -2.02. The van der Waals surface area contributed by atoms with Crippen LogP contribution < -0.4 is 15.0 Å². The molecule has 1 heterocycles. The number of aromatic amines is 1. The number of unbranched alkanes of at least 4 members (excludes halogenated alkanes) is 1. The van der Waals surface area contributed by atoms with Crippen molar-refractivity contribution in [2.75, 3.05) is 20.8 Å². The Kier molecular flexibility index (Phi) is 5.37. The fourth-order valence-corrected chi connectivity index (χ4v) is 1.67. The van der Waals surface area contributed by atoms with Crippen LogP contribution in [0.1, 0.15) is 29.6 Å². The number of hydrogen-bond donors (Lipinski definition) is 3. The van der Waals surface area contributed by atoms with Gasteiger partial charge in [0.25, 0.3) is 5.56 Å². The average Bonchev–Trinajstić information content (AvgIpc) is 2.38. The number of aliphatic hydroxyl groups is 1. The van der Waals surface area contributed by atoms with Crippen LogP contribution in [0.15, 0.2) is 4.79 Å². The first-order chi connectivity index (χ1) is 9.06. The molecule has 0 fully saturated rings. The first kappa shape index (κ1) is 15.0. The Labute approximate surface area is 109 Å². The molecule has 0 amide bonds. The number of H-pyrrole nitrogens is 1. The third-order valence-electron chi connectivity index (χ3n) is 2.61. The maximum atomic E-state index is 11.9. The summed E-state index contributed by atoms with van der Waals surface area (Å²) >= 11 is 0. The van der Waals surface area contributed by atoms with E-state index in [2.05, 4.69) is 4.98 Å². The van der Waals surface area contributed by atoms with Gasteiger partial charge in [0.2, 0.25) is 11.6 Å². The highest BCUT2D eigenvalue weighted by molar-refractivity contribution is 5.99. The summed E-state index contributed by atoms with van der Waals surface area (Å²) in [4.78, 5) is 25.9. The van der Waals surface area contributed by atoms with Crippen molar-refractivity contribution in [3.63, 3.8) is 0 Å². The highest BCUT2D eigenvalue weighted by atomic mass is 16.5. The average molecular weight is 271 g/mol. The molecule has 0 saturated carbocycles. The number of rotatable bonds is 7. The number of aromatic hydroxyl groups is 1. The summed E-state index contributed by atoms with van der Waals surface area (Å²) in [5.74, 6) is -1.17. The molecule has 0 bridgehead atoms. The number of ketones is 1. The molecule has 0 aromatic carbocycles. The van der Waals surface area contributed by atoms with Gasteiger partial charge in [-0.3, -0.25) is 14.6 Å². The SMILES string of the molecule is COc1[nH]c(=O)c(C(=O)CCCCO)c(O)c1OC. The molecule has 0 saturated heterocycles. The van der Waals surface area contributed by atoms with Crippen LogP contribution in [0, 0.1) is 0 Å². The molecule has 0 aliphatic heterocycles. The normalized spacial score (nSPS) is 10.3. The van der Waals surface area contributed by atoms with E-state index in [4.69, 9.17) is 14.6 Å². The number of ether oxygens (including phenoxy) is 2. The van der Waals surface area contributed by atoms with Crippen LogP contribution in [0.5, 0.6) is 17.4 Å². The first-order valence-corrected chi connectivity index (χ1v) is 5.78. The number of hydrogen-bond acceptors (Lipinski definition) is 6. The Balaban J connectivity index is 3.14. The van der Waals surface area contributed by atoms with Crippen molar-refractivity contribution in [3.8, 4) is 17.4 Å². The topological polar surface area (TPSA) is 109 Å². The van der Waals surface area contributed by atoms with E-state index in [1.165, 1.54) is 14.2 Å². The van der Waals surface area contributed by atoms with Gasteiger partial charge in [-0.15, -0.1) is 0 Å². The second kappa shape index (κ2) is 6.79. The third-order valence-corrected chi connectivity index (χ3v) is 2.61. The lowest BCUT2D eigenvalue weighted by molar-refractivity contribution is 0.0972. The van der Waals surface area contributed by atoms with Crippen LogP contribution in [0.2, 0.25) is 0 Å². The van der Waals surface area contributed by atoms with E-state index < -0.39 is 17.1 Å². The summed E-state index contributed by atoms with van der Waals surface area (Å²) in [6.45, 7) is -0.0262. The number of Topliss-reactive ketones (excluding diaryl/α,β-unsaturated/α-hetero) is 1. The molecule has 0 atom stereocenters. The maximum Gasteiger partial charge on any atom is 0.265 e. The Morgan fingerprint density at radius 3 is 2.47 bits per heavy atom. The lowest BCUT2D eigenvalue weighted by Crippen LogP contribution is -2.19. The van der Waals surface area contributed by atoms with Crippen molar-refractivity contribution >= 4 is 5.78 Å². The predicted octanol–water partition coefficient (Wildman–Crippen LogP) is 0.443. The third kappa shape index (κ3) is 3.25. The largest absolute Gasteiger partial charge is 0.503 e. The lowest BCUT2D eigenvalue weighted by atomic mass is 10.1. The highest BCUT2D eigenvalue weighted by Crippen LogP contribution is 2.35. The molecule has 3 N–H and O–H groups in total. The molecule has 7 heteroatoms. The molecule has 1 aromatic heterocycles. The molecule has 7 nitrogen and oxygen atoms in total. The van der Waals surface area contributed by atoms with Crippen LogP contribution in [0.3, 0.4) is 0 Å². The minimum Gasteiger partial charge on any atom is -0.503 e. The van der Waals surface area contributed by atoms with E-state index in [0.717, 1.165) is 0 Å². The molecule has 0 spiro atoms. The van der Waals surface area contributed by atoms with Crippen molar-refractivity contribution in [2.24, 2.45) is 0 Å².